The molecule has 2 aromatic carbocycles. The fraction of sp³-hybridized carbons (Fsp3) is 0.364. The fourth-order valence-electron chi connectivity index (χ4n) is 2.67. The van der Waals surface area contributed by atoms with Gasteiger partial charge in [-0.1, -0.05) is 42.5 Å². The van der Waals surface area contributed by atoms with Crippen molar-refractivity contribution >= 4 is 11.9 Å². The van der Waals surface area contributed by atoms with Gasteiger partial charge in [0.2, 0.25) is 5.91 Å². The van der Waals surface area contributed by atoms with E-state index in [4.69, 9.17) is 9.84 Å². The highest BCUT2D eigenvalue weighted by Gasteiger charge is 2.21. The second-order valence-electron chi connectivity index (χ2n) is 6.76. The van der Waals surface area contributed by atoms with E-state index in [1.54, 1.807) is 18.9 Å². The first kappa shape index (κ1) is 21.4. The molecule has 0 radical (unpaired) electrons. The van der Waals surface area contributed by atoms with Crippen molar-refractivity contribution in [2.24, 2.45) is 0 Å². The van der Waals surface area contributed by atoms with Crippen LogP contribution in [0.15, 0.2) is 54.6 Å². The Morgan fingerprint density at radius 3 is 2.25 bits per heavy atom. The van der Waals surface area contributed by atoms with Gasteiger partial charge >= 0.3 is 5.97 Å². The van der Waals surface area contributed by atoms with Crippen LogP contribution in [0.3, 0.4) is 0 Å². The lowest BCUT2D eigenvalue weighted by Gasteiger charge is -2.26. The molecule has 0 saturated heterocycles. The number of carboxylic acids is 1. The van der Waals surface area contributed by atoms with Crippen LogP contribution in [-0.2, 0) is 22.7 Å². The number of carboxylic acid groups (broad SMARTS) is 1. The maximum absolute atomic E-state index is 12.5. The third kappa shape index (κ3) is 6.39. The van der Waals surface area contributed by atoms with E-state index in [9.17, 15) is 9.59 Å². The molecule has 2 aromatic rings. The topological polar surface area (TPSA) is 70.1 Å². The van der Waals surface area contributed by atoms with E-state index >= 15 is 0 Å². The van der Waals surface area contributed by atoms with Crippen molar-refractivity contribution in [2.45, 2.75) is 33.0 Å². The number of nitrogens with zero attached hydrogens (tertiary/aromatic N) is 2. The van der Waals surface area contributed by atoms with Gasteiger partial charge in [-0.2, -0.15) is 0 Å². The summed E-state index contributed by atoms with van der Waals surface area (Å²) in [6.07, 6.45) is 0. The summed E-state index contributed by atoms with van der Waals surface area (Å²) in [6.45, 7) is 5.09. The van der Waals surface area contributed by atoms with E-state index in [2.05, 4.69) is 0 Å². The molecular weight excluding hydrogens is 356 g/mol. The summed E-state index contributed by atoms with van der Waals surface area (Å²) >= 11 is 0. The molecule has 0 aliphatic carbocycles. The van der Waals surface area contributed by atoms with Gasteiger partial charge in [-0.3, -0.25) is 14.5 Å². The molecule has 6 heteroatoms. The van der Waals surface area contributed by atoms with E-state index in [1.807, 2.05) is 61.5 Å². The first-order valence-corrected chi connectivity index (χ1v) is 9.37. The zero-order valence-corrected chi connectivity index (χ0v) is 16.7. The second kappa shape index (κ2) is 10.5. The summed E-state index contributed by atoms with van der Waals surface area (Å²) in [7, 11) is 1.64. The Kier molecular flexibility index (Phi) is 8.02. The summed E-state index contributed by atoms with van der Waals surface area (Å²) in [6, 6.07) is 16.9. The lowest BCUT2D eigenvalue weighted by molar-refractivity contribution is -0.143. The molecule has 6 nitrogen and oxygen atoms in total. The molecule has 0 fully saturated rings. The molecular formula is C22H28N2O4. The highest BCUT2D eigenvalue weighted by atomic mass is 16.5. The zero-order valence-electron chi connectivity index (χ0n) is 16.7. The Morgan fingerprint density at radius 2 is 1.68 bits per heavy atom. The van der Waals surface area contributed by atoms with Gasteiger partial charge in [0.1, 0.15) is 18.4 Å². The lowest BCUT2D eigenvalue weighted by atomic mass is 10.2. The maximum atomic E-state index is 12.5. The van der Waals surface area contributed by atoms with Crippen LogP contribution in [0, 0.1) is 0 Å². The number of carbonyl (C=O) groups is 2. The minimum absolute atomic E-state index is 0.0690. The van der Waals surface area contributed by atoms with Gasteiger partial charge in [0.05, 0.1) is 6.54 Å². The number of aliphatic carboxylic acids is 1. The molecule has 1 atom stereocenters. The molecule has 0 saturated carbocycles. The Morgan fingerprint density at radius 1 is 1.04 bits per heavy atom. The molecule has 1 unspecified atom stereocenters. The predicted molar refractivity (Wildman–Crippen MR) is 108 cm³/mol. The van der Waals surface area contributed by atoms with Crippen molar-refractivity contribution in [3.8, 4) is 5.75 Å². The van der Waals surface area contributed by atoms with Crippen molar-refractivity contribution < 1.29 is 19.4 Å². The first-order valence-electron chi connectivity index (χ1n) is 9.37. The van der Waals surface area contributed by atoms with E-state index in [1.165, 1.54) is 4.90 Å². The summed E-state index contributed by atoms with van der Waals surface area (Å²) < 4.78 is 5.78. The van der Waals surface area contributed by atoms with E-state index in [0.717, 1.165) is 16.9 Å². The standard InChI is InChI=1S/C22H28N2O4/c1-4-24(21(25)15-23(3)17(2)22(26)27)14-18-10-12-20(13-11-18)28-16-19-8-6-5-7-9-19/h5-13,17H,4,14-16H2,1-3H3,(H,26,27). The molecule has 0 aliphatic rings. The van der Waals surface area contributed by atoms with Crippen LogP contribution in [-0.4, -0.2) is 53.0 Å². The average molecular weight is 384 g/mol. The third-order valence-electron chi connectivity index (χ3n) is 4.68. The Balaban J connectivity index is 1.89. The SMILES string of the molecule is CCN(Cc1ccc(OCc2ccccc2)cc1)C(=O)CN(C)C(C)C(=O)O. The molecule has 0 aromatic heterocycles. The third-order valence-corrected chi connectivity index (χ3v) is 4.68. The number of ether oxygens (including phenoxy) is 1. The predicted octanol–water partition coefficient (Wildman–Crippen LogP) is 3.02. The lowest BCUT2D eigenvalue weighted by Crippen LogP contribution is -2.44. The number of amides is 1. The average Bonchev–Trinajstić information content (AvgIpc) is 2.71. The number of rotatable bonds is 10. The zero-order chi connectivity index (χ0) is 20.5. The van der Waals surface area contributed by atoms with Crippen LogP contribution in [0.1, 0.15) is 25.0 Å². The molecule has 0 aliphatic heterocycles. The van der Waals surface area contributed by atoms with Crippen molar-refractivity contribution in [3.05, 3.63) is 65.7 Å². The van der Waals surface area contributed by atoms with Gasteiger partial charge in [0, 0.05) is 13.1 Å². The van der Waals surface area contributed by atoms with Crippen LogP contribution in [0.25, 0.3) is 0 Å². The molecule has 150 valence electrons. The van der Waals surface area contributed by atoms with Crippen molar-refractivity contribution in [2.75, 3.05) is 20.1 Å². The normalized spacial score (nSPS) is 11.9. The van der Waals surface area contributed by atoms with E-state index in [-0.39, 0.29) is 12.5 Å². The Bertz CT molecular complexity index is 762. The quantitative estimate of drug-likeness (QED) is 0.682. The Hall–Kier alpha value is -2.86. The van der Waals surface area contributed by atoms with Gasteiger partial charge in [-0.15, -0.1) is 0 Å². The number of hydrogen-bond donors (Lipinski definition) is 1. The van der Waals surface area contributed by atoms with Crippen LogP contribution in [0.4, 0.5) is 0 Å². The number of carbonyl (C=O) groups excluding carboxylic acids is 1. The maximum Gasteiger partial charge on any atom is 0.320 e. The summed E-state index contributed by atoms with van der Waals surface area (Å²) in [4.78, 5) is 26.8. The summed E-state index contributed by atoms with van der Waals surface area (Å²) in [5.74, 6) is -0.260. The highest BCUT2D eigenvalue weighted by molar-refractivity contribution is 5.79. The molecule has 1 N–H and O–H groups in total. The monoisotopic (exact) mass is 384 g/mol. The van der Waals surface area contributed by atoms with Gasteiger partial charge < -0.3 is 14.7 Å². The van der Waals surface area contributed by atoms with Crippen LogP contribution < -0.4 is 4.74 Å². The number of hydrogen-bond acceptors (Lipinski definition) is 4. The van der Waals surface area contributed by atoms with Gasteiger partial charge in [-0.05, 0) is 44.2 Å². The van der Waals surface area contributed by atoms with Crippen LogP contribution in [0.5, 0.6) is 5.75 Å². The molecule has 28 heavy (non-hydrogen) atoms. The number of likely N-dealkylation sites (N-methyl/N-ethyl adjacent to an activating group) is 2. The van der Waals surface area contributed by atoms with Gasteiger partial charge in [-0.25, -0.2) is 0 Å². The summed E-state index contributed by atoms with van der Waals surface area (Å²) in [5.41, 5.74) is 2.10. The van der Waals surface area contributed by atoms with Gasteiger partial charge in [0.15, 0.2) is 0 Å². The molecule has 0 heterocycles. The van der Waals surface area contributed by atoms with E-state index < -0.39 is 12.0 Å². The minimum Gasteiger partial charge on any atom is -0.489 e. The van der Waals surface area contributed by atoms with Crippen molar-refractivity contribution in [1.82, 2.24) is 9.80 Å². The van der Waals surface area contributed by atoms with Gasteiger partial charge in [0.25, 0.3) is 0 Å². The Labute approximate surface area is 166 Å². The largest absolute Gasteiger partial charge is 0.489 e. The first-order chi connectivity index (χ1) is 13.4. The number of benzene rings is 2. The summed E-state index contributed by atoms with van der Waals surface area (Å²) in [5, 5.41) is 9.06. The van der Waals surface area contributed by atoms with E-state index in [0.29, 0.717) is 19.7 Å². The molecule has 0 bridgehead atoms. The molecule has 0 spiro atoms. The van der Waals surface area contributed by atoms with Crippen LogP contribution in [0.2, 0.25) is 0 Å². The van der Waals surface area contributed by atoms with Crippen molar-refractivity contribution in [1.29, 1.82) is 0 Å². The highest BCUT2D eigenvalue weighted by Crippen LogP contribution is 2.16. The second-order valence-corrected chi connectivity index (χ2v) is 6.76. The smallest absolute Gasteiger partial charge is 0.320 e. The molecule has 1 amide bonds. The van der Waals surface area contributed by atoms with Crippen LogP contribution >= 0.6 is 0 Å². The fourth-order valence-corrected chi connectivity index (χ4v) is 2.67. The van der Waals surface area contributed by atoms with Crippen molar-refractivity contribution in [3.63, 3.8) is 0 Å². The molecule has 2 rings (SSSR count). The minimum atomic E-state index is -0.940.